The van der Waals surface area contributed by atoms with Crippen LogP contribution in [0.15, 0.2) is 72.5 Å². The number of hydrogen-bond donors (Lipinski definition) is 2. The van der Waals surface area contributed by atoms with Crippen LogP contribution >= 0.6 is 0 Å². The first-order valence-corrected chi connectivity index (χ1v) is 8.31. The molecule has 0 fully saturated rings. The van der Waals surface area contributed by atoms with Crippen molar-refractivity contribution in [3.8, 4) is 22.6 Å². The van der Waals surface area contributed by atoms with E-state index in [1.807, 2.05) is 54.6 Å². The van der Waals surface area contributed by atoms with Gasteiger partial charge >= 0.3 is 0 Å². The molecule has 0 spiro atoms. The Morgan fingerprint density at radius 3 is 2.38 bits per heavy atom. The van der Waals surface area contributed by atoms with Gasteiger partial charge in [-0.05, 0) is 28.8 Å². The van der Waals surface area contributed by atoms with Crippen LogP contribution in [0.25, 0.3) is 17.2 Å². The number of allylic oxidation sites excluding steroid dienone is 1. The normalized spacial score (nSPS) is 14.3. The summed E-state index contributed by atoms with van der Waals surface area (Å²) in [7, 11) is 0. The number of aromatic hydroxyl groups is 1. The molecule has 26 heavy (non-hydrogen) atoms. The Balaban J connectivity index is 1.72. The van der Waals surface area contributed by atoms with Crippen molar-refractivity contribution in [2.75, 3.05) is 0 Å². The van der Waals surface area contributed by atoms with Crippen LogP contribution in [0.1, 0.15) is 21.5 Å². The molecule has 1 heterocycles. The van der Waals surface area contributed by atoms with Gasteiger partial charge in [-0.15, -0.1) is 0 Å². The minimum Gasteiger partial charge on any atom is -0.507 e. The maximum atomic E-state index is 12.7. The van der Waals surface area contributed by atoms with Gasteiger partial charge < -0.3 is 15.6 Å². The van der Waals surface area contributed by atoms with Gasteiger partial charge in [-0.25, -0.2) is 0 Å². The average Bonchev–Trinajstić information content (AvgIpc) is 2.96. The Morgan fingerprint density at radius 2 is 1.69 bits per heavy atom. The first-order valence-electron chi connectivity index (χ1n) is 8.31. The summed E-state index contributed by atoms with van der Waals surface area (Å²) in [6.45, 7) is 0.455. The molecule has 0 saturated heterocycles. The summed E-state index contributed by atoms with van der Waals surface area (Å²) in [5.41, 5.74) is 9.35. The largest absolute Gasteiger partial charge is 0.507 e. The number of fused-ring (bicyclic) bond motifs is 1. The zero-order chi connectivity index (χ0) is 18.1. The number of rotatable bonds is 3. The molecule has 128 valence electrons. The monoisotopic (exact) mass is 343 g/mol. The van der Waals surface area contributed by atoms with Crippen molar-refractivity contribution in [2.24, 2.45) is 5.73 Å². The van der Waals surface area contributed by atoms with E-state index in [-0.39, 0.29) is 17.3 Å². The quantitative estimate of drug-likeness (QED) is 0.701. The number of ketones is 1. The molecule has 0 unspecified atom stereocenters. The van der Waals surface area contributed by atoms with Crippen molar-refractivity contribution in [3.05, 3.63) is 89.2 Å². The van der Waals surface area contributed by atoms with Crippen LogP contribution in [-0.4, -0.2) is 10.9 Å². The molecular weight excluding hydrogens is 326 g/mol. The number of nitrogens with two attached hydrogens (primary N) is 1. The summed E-state index contributed by atoms with van der Waals surface area (Å²) in [5.74, 6) is 0.500. The topological polar surface area (TPSA) is 72.6 Å². The Morgan fingerprint density at radius 1 is 0.962 bits per heavy atom. The summed E-state index contributed by atoms with van der Waals surface area (Å²) in [4.78, 5) is 12.7. The zero-order valence-electron chi connectivity index (χ0n) is 14.0. The molecule has 1 aliphatic rings. The molecule has 4 heteroatoms. The summed E-state index contributed by atoms with van der Waals surface area (Å²) < 4.78 is 5.67. The highest BCUT2D eigenvalue weighted by Gasteiger charge is 2.29. The Bertz CT molecular complexity index is 1010. The molecule has 1 aliphatic heterocycles. The molecule has 4 rings (SSSR count). The molecule has 0 aromatic heterocycles. The molecule has 3 aromatic rings. The predicted molar refractivity (Wildman–Crippen MR) is 101 cm³/mol. The molecule has 0 saturated carbocycles. The Kier molecular flexibility index (Phi) is 4.03. The minimum absolute atomic E-state index is 0.0676. The summed E-state index contributed by atoms with van der Waals surface area (Å²) in [6.07, 6.45) is 1.70. The number of ether oxygens (including phenoxy) is 1. The highest BCUT2D eigenvalue weighted by Crippen LogP contribution is 2.40. The van der Waals surface area contributed by atoms with E-state index in [1.165, 1.54) is 6.07 Å². The van der Waals surface area contributed by atoms with E-state index in [2.05, 4.69) is 0 Å². The van der Waals surface area contributed by atoms with Gasteiger partial charge in [-0.2, -0.15) is 0 Å². The van der Waals surface area contributed by atoms with Gasteiger partial charge in [0.15, 0.2) is 5.76 Å². The van der Waals surface area contributed by atoms with Gasteiger partial charge in [0.05, 0.1) is 5.56 Å². The average molecular weight is 343 g/mol. The number of benzene rings is 3. The van der Waals surface area contributed by atoms with E-state index in [1.54, 1.807) is 12.1 Å². The molecular formula is C22H17NO3. The molecule has 4 nitrogen and oxygen atoms in total. The summed E-state index contributed by atoms with van der Waals surface area (Å²) in [6, 6.07) is 20.2. The van der Waals surface area contributed by atoms with E-state index in [0.29, 0.717) is 23.4 Å². The van der Waals surface area contributed by atoms with Gasteiger partial charge in [-0.1, -0.05) is 54.6 Å². The number of Topliss-reactive ketones (excluding diaryl/α,β-unsaturated/α-hetero) is 1. The second-order valence-corrected chi connectivity index (χ2v) is 6.12. The zero-order valence-corrected chi connectivity index (χ0v) is 14.0. The van der Waals surface area contributed by atoms with Gasteiger partial charge in [-0.3, -0.25) is 4.79 Å². The molecule has 3 aromatic carbocycles. The minimum atomic E-state index is -0.191. The van der Waals surface area contributed by atoms with Crippen LogP contribution in [0.5, 0.6) is 11.5 Å². The third-order valence-electron chi connectivity index (χ3n) is 4.38. The third-order valence-corrected chi connectivity index (χ3v) is 4.38. The van der Waals surface area contributed by atoms with Crippen LogP contribution in [0.4, 0.5) is 0 Å². The maximum absolute atomic E-state index is 12.7. The second-order valence-electron chi connectivity index (χ2n) is 6.12. The van der Waals surface area contributed by atoms with Crippen LogP contribution in [0, 0.1) is 0 Å². The van der Waals surface area contributed by atoms with Crippen LogP contribution in [0.2, 0.25) is 0 Å². The maximum Gasteiger partial charge on any atom is 0.231 e. The second kappa shape index (κ2) is 6.50. The van der Waals surface area contributed by atoms with Crippen LogP contribution < -0.4 is 10.5 Å². The van der Waals surface area contributed by atoms with E-state index >= 15 is 0 Å². The molecule has 0 radical (unpaired) electrons. The number of phenols is 1. The van der Waals surface area contributed by atoms with Gasteiger partial charge in [0, 0.05) is 18.2 Å². The van der Waals surface area contributed by atoms with Gasteiger partial charge in [0.2, 0.25) is 5.78 Å². The summed E-state index contributed by atoms with van der Waals surface area (Å²) in [5, 5.41) is 10.4. The van der Waals surface area contributed by atoms with Crippen molar-refractivity contribution in [1.29, 1.82) is 0 Å². The first kappa shape index (κ1) is 16.1. The lowest BCUT2D eigenvalue weighted by molar-refractivity contribution is 0.101. The first-order chi connectivity index (χ1) is 12.7. The molecule has 0 aliphatic carbocycles. The smallest absolute Gasteiger partial charge is 0.231 e. The SMILES string of the molecule is NCc1ccc(-c2cc3c(cc2O)OC(=Cc2ccccc2)C3=O)cc1. The van der Waals surface area contributed by atoms with E-state index in [4.69, 9.17) is 10.5 Å². The fraction of sp³-hybridized carbons (Fsp3) is 0.0455. The van der Waals surface area contributed by atoms with Crippen LogP contribution in [0.3, 0.4) is 0 Å². The lowest BCUT2D eigenvalue weighted by atomic mass is 9.99. The third kappa shape index (κ3) is 2.87. The lowest BCUT2D eigenvalue weighted by Crippen LogP contribution is -1.98. The predicted octanol–water partition coefficient (Wildman–Crippen LogP) is 4.13. The van der Waals surface area contributed by atoms with Crippen molar-refractivity contribution >= 4 is 11.9 Å². The van der Waals surface area contributed by atoms with Gasteiger partial charge in [0.1, 0.15) is 11.5 Å². The van der Waals surface area contributed by atoms with Crippen molar-refractivity contribution in [1.82, 2.24) is 0 Å². The number of carbonyl (C=O) groups is 1. The standard InChI is InChI=1S/C22H17NO3/c23-13-15-6-8-16(9-7-15)17-11-18-20(12-19(17)24)26-21(22(18)25)10-14-4-2-1-3-5-14/h1-12,24H,13,23H2. The van der Waals surface area contributed by atoms with Gasteiger partial charge in [0.25, 0.3) is 0 Å². The Hall–Kier alpha value is -3.37. The molecule has 0 atom stereocenters. The summed E-state index contributed by atoms with van der Waals surface area (Å²) >= 11 is 0. The molecule has 0 bridgehead atoms. The number of phenolic OH excluding ortho intramolecular Hbond substituents is 1. The van der Waals surface area contributed by atoms with Crippen molar-refractivity contribution in [2.45, 2.75) is 6.54 Å². The van der Waals surface area contributed by atoms with Crippen LogP contribution in [-0.2, 0) is 6.54 Å². The van der Waals surface area contributed by atoms with Crippen molar-refractivity contribution < 1.29 is 14.6 Å². The highest BCUT2D eigenvalue weighted by atomic mass is 16.5. The number of carbonyl (C=O) groups excluding carboxylic acids is 1. The van der Waals surface area contributed by atoms with E-state index in [0.717, 1.165) is 16.7 Å². The number of hydrogen-bond acceptors (Lipinski definition) is 4. The highest BCUT2D eigenvalue weighted by molar-refractivity contribution is 6.15. The van der Waals surface area contributed by atoms with Crippen molar-refractivity contribution in [3.63, 3.8) is 0 Å². The van der Waals surface area contributed by atoms with E-state index in [9.17, 15) is 9.90 Å². The fourth-order valence-corrected chi connectivity index (χ4v) is 2.98. The molecule has 3 N–H and O–H groups in total. The molecule has 0 amide bonds. The fourth-order valence-electron chi connectivity index (χ4n) is 2.98. The van der Waals surface area contributed by atoms with E-state index < -0.39 is 0 Å². The Labute approximate surface area is 151 Å². The lowest BCUT2D eigenvalue weighted by Gasteiger charge is -2.07.